The second kappa shape index (κ2) is 6.21. The molecule has 0 saturated heterocycles. The molecule has 7 heteroatoms. The van der Waals surface area contributed by atoms with E-state index in [1.54, 1.807) is 6.07 Å². The van der Waals surface area contributed by atoms with E-state index in [1.807, 2.05) is 24.3 Å². The van der Waals surface area contributed by atoms with Crippen molar-refractivity contribution in [3.05, 3.63) is 47.0 Å². The van der Waals surface area contributed by atoms with E-state index in [-0.39, 0.29) is 5.75 Å². The van der Waals surface area contributed by atoms with Crippen molar-refractivity contribution in [2.45, 2.75) is 0 Å². The highest BCUT2D eigenvalue weighted by atomic mass is 35.5. The summed E-state index contributed by atoms with van der Waals surface area (Å²) in [7, 11) is 1.46. The molecule has 5 nitrogen and oxygen atoms in total. The fourth-order valence-corrected chi connectivity index (χ4v) is 2.96. The summed E-state index contributed by atoms with van der Waals surface area (Å²) in [4.78, 5) is 4.40. The predicted octanol–water partition coefficient (Wildman–Crippen LogP) is 4.11. The van der Waals surface area contributed by atoms with Crippen molar-refractivity contribution in [2.75, 3.05) is 12.5 Å². The SMILES string of the molecule is COc1cc(Cl)cc(/C=N/Nc2nc3ccccc3s2)c1O. The summed E-state index contributed by atoms with van der Waals surface area (Å²) in [5.74, 6) is 0.288. The van der Waals surface area contributed by atoms with Gasteiger partial charge in [-0.15, -0.1) is 0 Å². The van der Waals surface area contributed by atoms with Gasteiger partial charge in [-0.1, -0.05) is 35.1 Å². The average Bonchev–Trinajstić information content (AvgIpc) is 2.93. The van der Waals surface area contributed by atoms with E-state index in [2.05, 4.69) is 15.5 Å². The Morgan fingerprint density at radius 1 is 1.36 bits per heavy atom. The fourth-order valence-electron chi connectivity index (χ4n) is 1.93. The number of nitrogens with zero attached hydrogens (tertiary/aromatic N) is 2. The molecule has 3 aromatic rings. The van der Waals surface area contributed by atoms with Gasteiger partial charge in [-0.2, -0.15) is 5.10 Å². The predicted molar refractivity (Wildman–Crippen MR) is 90.5 cm³/mol. The van der Waals surface area contributed by atoms with Crippen LogP contribution in [0.4, 0.5) is 5.13 Å². The van der Waals surface area contributed by atoms with Crippen LogP contribution < -0.4 is 10.2 Å². The molecule has 22 heavy (non-hydrogen) atoms. The number of methoxy groups -OCH3 is 1. The molecule has 0 unspecified atom stereocenters. The second-order valence-corrected chi connectivity index (χ2v) is 5.87. The zero-order valence-corrected chi connectivity index (χ0v) is 13.1. The minimum Gasteiger partial charge on any atom is -0.504 e. The van der Waals surface area contributed by atoms with Gasteiger partial charge in [0.2, 0.25) is 5.13 Å². The third kappa shape index (κ3) is 2.98. The number of thiazole rings is 1. The van der Waals surface area contributed by atoms with Gasteiger partial charge in [-0.05, 0) is 18.2 Å². The summed E-state index contributed by atoms with van der Waals surface area (Å²) in [5, 5.41) is 15.2. The smallest absolute Gasteiger partial charge is 0.204 e. The van der Waals surface area contributed by atoms with Gasteiger partial charge in [0.25, 0.3) is 0 Å². The van der Waals surface area contributed by atoms with Crippen molar-refractivity contribution in [1.82, 2.24) is 4.98 Å². The molecule has 0 radical (unpaired) electrons. The largest absolute Gasteiger partial charge is 0.504 e. The van der Waals surface area contributed by atoms with E-state index < -0.39 is 0 Å². The Bertz CT molecular complexity index is 815. The van der Waals surface area contributed by atoms with Crippen LogP contribution in [0.25, 0.3) is 10.2 Å². The molecule has 0 aliphatic rings. The highest BCUT2D eigenvalue weighted by Gasteiger charge is 2.08. The molecular weight excluding hydrogens is 322 g/mol. The van der Waals surface area contributed by atoms with Gasteiger partial charge < -0.3 is 9.84 Å². The Labute approximate surface area is 135 Å². The summed E-state index contributed by atoms with van der Waals surface area (Å²) in [6.45, 7) is 0. The Kier molecular flexibility index (Phi) is 4.13. The number of fused-ring (bicyclic) bond motifs is 1. The quantitative estimate of drug-likeness (QED) is 0.557. The Balaban J connectivity index is 1.81. The molecule has 0 aliphatic carbocycles. The third-order valence-electron chi connectivity index (χ3n) is 2.95. The number of halogens is 1. The standard InChI is InChI=1S/C15H12ClN3O2S/c1-21-12-7-10(16)6-9(14(12)20)8-17-19-15-18-11-4-2-3-5-13(11)22-15/h2-8,20H,1H3,(H,18,19)/b17-8+. The number of para-hydroxylation sites is 1. The monoisotopic (exact) mass is 333 g/mol. The number of hydrazone groups is 1. The minimum absolute atomic E-state index is 0.0123. The number of aromatic hydroxyl groups is 1. The van der Waals surface area contributed by atoms with Gasteiger partial charge in [0.05, 0.1) is 23.5 Å². The summed E-state index contributed by atoms with van der Waals surface area (Å²) in [6.07, 6.45) is 1.47. The Hall–Kier alpha value is -2.31. The first-order chi connectivity index (χ1) is 10.7. The molecule has 0 amide bonds. The van der Waals surface area contributed by atoms with Crippen LogP contribution in [0.2, 0.25) is 5.02 Å². The van der Waals surface area contributed by atoms with Crippen molar-refractivity contribution in [3.63, 3.8) is 0 Å². The normalized spacial score (nSPS) is 11.2. The lowest BCUT2D eigenvalue weighted by Crippen LogP contribution is -1.92. The molecule has 2 aromatic carbocycles. The van der Waals surface area contributed by atoms with E-state index >= 15 is 0 Å². The number of hydrogen-bond donors (Lipinski definition) is 2. The maximum Gasteiger partial charge on any atom is 0.204 e. The Morgan fingerprint density at radius 3 is 2.95 bits per heavy atom. The van der Waals surface area contributed by atoms with Gasteiger partial charge in [0.1, 0.15) is 0 Å². The lowest BCUT2D eigenvalue weighted by atomic mass is 10.2. The first-order valence-corrected chi connectivity index (χ1v) is 7.58. The van der Waals surface area contributed by atoms with E-state index in [0.29, 0.717) is 21.5 Å². The highest BCUT2D eigenvalue weighted by Crippen LogP contribution is 2.32. The molecule has 0 spiro atoms. The van der Waals surface area contributed by atoms with E-state index in [9.17, 15) is 5.11 Å². The lowest BCUT2D eigenvalue weighted by Gasteiger charge is -2.06. The molecule has 0 fully saturated rings. The van der Waals surface area contributed by atoms with Crippen LogP contribution in [0.5, 0.6) is 11.5 Å². The lowest BCUT2D eigenvalue weighted by molar-refractivity contribution is 0.373. The molecule has 0 atom stereocenters. The summed E-state index contributed by atoms with van der Waals surface area (Å²) in [5.41, 5.74) is 4.22. The number of aromatic nitrogens is 1. The van der Waals surface area contributed by atoms with E-state index in [4.69, 9.17) is 16.3 Å². The van der Waals surface area contributed by atoms with Crippen molar-refractivity contribution < 1.29 is 9.84 Å². The van der Waals surface area contributed by atoms with Crippen LogP contribution in [0, 0.1) is 0 Å². The fraction of sp³-hybridized carbons (Fsp3) is 0.0667. The van der Waals surface area contributed by atoms with Crippen LogP contribution in [0.1, 0.15) is 5.56 Å². The molecule has 0 bridgehead atoms. The molecule has 2 N–H and O–H groups in total. The van der Waals surface area contributed by atoms with Crippen molar-refractivity contribution in [3.8, 4) is 11.5 Å². The third-order valence-corrected chi connectivity index (χ3v) is 4.11. The topological polar surface area (TPSA) is 66.7 Å². The maximum atomic E-state index is 10.0. The van der Waals surface area contributed by atoms with Crippen LogP contribution in [0.15, 0.2) is 41.5 Å². The highest BCUT2D eigenvalue weighted by molar-refractivity contribution is 7.22. The van der Waals surface area contributed by atoms with Crippen LogP contribution >= 0.6 is 22.9 Å². The van der Waals surface area contributed by atoms with Gasteiger partial charge in [0.15, 0.2) is 11.5 Å². The molecular formula is C15H12ClN3O2S. The molecule has 1 aromatic heterocycles. The molecule has 1 heterocycles. The number of nitrogens with one attached hydrogen (secondary N) is 1. The van der Waals surface area contributed by atoms with Gasteiger partial charge >= 0.3 is 0 Å². The van der Waals surface area contributed by atoms with E-state index in [1.165, 1.54) is 30.7 Å². The first kappa shape index (κ1) is 14.6. The number of ether oxygens (including phenoxy) is 1. The Morgan fingerprint density at radius 2 is 2.18 bits per heavy atom. The number of phenols is 1. The summed E-state index contributed by atoms with van der Waals surface area (Å²) < 4.78 is 6.12. The number of benzene rings is 2. The number of anilines is 1. The zero-order valence-electron chi connectivity index (χ0n) is 11.6. The molecule has 3 rings (SSSR count). The number of phenolic OH excluding ortho intramolecular Hbond substituents is 1. The average molecular weight is 334 g/mol. The van der Waals surface area contributed by atoms with Crippen LogP contribution in [-0.2, 0) is 0 Å². The summed E-state index contributed by atoms with van der Waals surface area (Å²) in [6, 6.07) is 11.0. The summed E-state index contributed by atoms with van der Waals surface area (Å²) >= 11 is 7.46. The van der Waals surface area contributed by atoms with Crippen LogP contribution in [0.3, 0.4) is 0 Å². The minimum atomic E-state index is -0.0123. The first-order valence-electron chi connectivity index (χ1n) is 6.38. The van der Waals surface area contributed by atoms with Crippen molar-refractivity contribution >= 4 is 44.5 Å². The van der Waals surface area contributed by atoms with Gasteiger partial charge in [-0.25, -0.2) is 4.98 Å². The second-order valence-electron chi connectivity index (χ2n) is 4.40. The van der Waals surface area contributed by atoms with Crippen LogP contribution in [-0.4, -0.2) is 23.4 Å². The molecule has 0 aliphatic heterocycles. The zero-order chi connectivity index (χ0) is 15.5. The van der Waals surface area contributed by atoms with Gasteiger partial charge in [-0.3, -0.25) is 5.43 Å². The van der Waals surface area contributed by atoms with Gasteiger partial charge in [0, 0.05) is 16.7 Å². The molecule has 112 valence electrons. The van der Waals surface area contributed by atoms with Crippen molar-refractivity contribution in [2.24, 2.45) is 5.10 Å². The molecule has 0 saturated carbocycles. The van der Waals surface area contributed by atoms with E-state index in [0.717, 1.165) is 10.2 Å². The van der Waals surface area contributed by atoms with Crippen molar-refractivity contribution in [1.29, 1.82) is 0 Å². The number of hydrogen-bond acceptors (Lipinski definition) is 6. The number of rotatable bonds is 4. The maximum absolute atomic E-state index is 10.0.